The van der Waals surface area contributed by atoms with E-state index in [-0.39, 0.29) is 0 Å². The number of hydrogen-bond acceptors (Lipinski definition) is 2. The summed E-state index contributed by atoms with van der Waals surface area (Å²) in [6.45, 7) is 5.28. The van der Waals surface area contributed by atoms with E-state index in [2.05, 4.69) is 11.8 Å². The molecule has 1 saturated carbocycles. The molecule has 0 aromatic rings. The fourth-order valence-electron chi connectivity index (χ4n) is 2.79. The first-order valence-electron chi connectivity index (χ1n) is 5.92. The number of ketones is 1. The highest BCUT2D eigenvalue weighted by atomic mass is 16.1. The number of hydrogen-bond donors (Lipinski definition) is 0. The second-order valence-electron chi connectivity index (χ2n) is 5.33. The number of nitrogens with zero attached hydrogens (tertiary/aromatic N) is 1. The van der Waals surface area contributed by atoms with Crippen molar-refractivity contribution in [2.45, 2.75) is 45.4 Å². The van der Waals surface area contributed by atoms with Crippen molar-refractivity contribution in [2.24, 2.45) is 5.41 Å². The first-order chi connectivity index (χ1) is 6.68. The van der Waals surface area contributed by atoms with E-state index in [1.54, 1.807) is 0 Å². The van der Waals surface area contributed by atoms with Gasteiger partial charge in [-0.1, -0.05) is 19.8 Å². The van der Waals surface area contributed by atoms with Gasteiger partial charge in [0.1, 0.15) is 5.78 Å². The third-order valence-corrected chi connectivity index (χ3v) is 3.95. The van der Waals surface area contributed by atoms with E-state index in [1.807, 2.05) is 0 Å². The lowest BCUT2D eigenvalue weighted by Gasteiger charge is -2.26. The summed E-state index contributed by atoms with van der Waals surface area (Å²) in [4.78, 5) is 13.4. The van der Waals surface area contributed by atoms with Crippen LogP contribution in [-0.2, 0) is 4.79 Å². The van der Waals surface area contributed by atoms with Gasteiger partial charge in [-0.2, -0.15) is 0 Å². The molecule has 0 bridgehead atoms. The highest BCUT2D eigenvalue weighted by molar-refractivity contribution is 5.82. The second-order valence-corrected chi connectivity index (χ2v) is 5.33. The fraction of sp³-hybridized carbons (Fsp3) is 0.917. The van der Waals surface area contributed by atoms with Gasteiger partial charge < -0.3 is 0 Å². The standard InChI is InChI=1S/C12H21NO/c1-12(5-2-3-6-12)7-9-13-8-4-11(14)10-13/h2-10H2,1H3. The molecule has 80 valence electrons. The minimum atomic E-state index is 0.432. The molecule has 2 rings (SSSR count). The zero-order valence-corrected chi connectivity index (χ0v) is 9.22. The molecule has 0 radical (unpaired) electrons. The summed E-state index contributed by atoms with van der Waals surface area (Å²) in [5, 5.41) is 0. The van der Waals surface area contributed by atoms with Crippen molar-refractivity contribution in [1.29, 1.82) is 0 Å². The van der Waals surface area contributed by atoms with Crippen LogP contribution >= 0.6 is 0 Å². The van der Waals surface area contributed by atoms with Crippen molar-refractivity contribution in [2.75, 3.05) is 19.6 Å². The van der Waals surface area contributed by atoms with Gasteiger partial charge >= 0.3 is 0 Å². The Morgan fingerprint density at radius 2 is 2.07 bits per heavy atom. The van der Waals surface area contributed by atoms with E-state index < -0.39 is 0 Å². The molecule has 2 nitrogen and oxygen atoms in total. The summed E-state index contributed by atoms with van der Waals surface area (Å²) < 4.78 is 0. The van der Waals surface area contributed by atoms with Crippen LogP contribution in [0.1, 0.15) is 45.4 Å². The van der Waals surface area contributed by atoms with E-state index in [0.29, 0.717) is 11.2 Å². The molecular weight excluding hydrogens is 174 g/mol. The largest absolute Gasteiger partial charge is 0.298 e. The van der Waals surface area contributed by atoms with Gasteiger partial charge in [0.05, 0.1) is 6.54 Å². The molecule has 0 aromatic carbocycles. The Kier molecular flexibility index (Phi) is 2.91. The molecule has 0 unspecified atom stereocenters. The van der Waals surface area contributed by atoms with Crippen molar-refractivity contribution in [3.05, 3.63) is 0 Å². The number of Topliss-reactive ketones (excluding diaryl/α,β-unsaturated/α-hetero) is 1. The minimum Gasteiger partial charge on any atom is -0.298 e. The van der Waals surface area contributed by atoms with Gasteiger partial charge in [0.25, 0.3) is 0 Å². The van der Waals surface area contributed by atoms with Crippen molar-refractivity contribution in [3.63, 3.8) is 0 Å². The quantitative estimate of drug-likeness (QED) is 0.688. The zero-order valence-electron chi connectivity index (χ0n) is 9.22. The van der Waals surface area contributed by atoms with Crippen molar-refractivity contribution >= 4 is 5.78 Å². The van der Waals surface area contributed by atoms with Crippen molar-refractivity contribution < 1.29 is 4.79 Å². The predicted molar refractivity (Wildman–Crippen MR) is 57.3 cm³/mol. The number of carbonyl (C=O) groups is 1. The molecule has 2 fully saturated rings. The zero-order chi connectivity index (χ0) is 10.0. The average molecular weight is 195 g/mol. The normalized spacial score (nSPS) is 27.4. The maximum atomic E-state index is 11.1. The smallest absolute Gasteiger partial charge is 0.148 e. The first-order valence-corrected chi connectivity index (χ1v) is 5.92. The Bertz CT molecular complexity index is 218. The molecule has 1 aliphatic heterocycles. The Hall–Kier alpha value is -0.370. The molecule has 1 aliphatic carbocycles. The summed E-state index contributed by atoms with van der Waals surface area (Å²) in [5.74, 6) is 0.432. The molecule has 14 heavy (non-hydrogen) atoms. The maximum Gasteiger partial charge on any atom is 0.148 e. The van der Waals surface area contributed by atoms with Crippen molar-refractivity contribution in [1.82, 2.24) is 4.90 Å². The summed E-state index contributed by atoms with van der Waals surface area (Å²) in [7, 11) is 0. The Morgan fingerprint density at radius 3 is 2.64 bits per heavy atom. The molecule has 0 spiro atoms. The van der Waals surface area contributed by atoms with Crippen LogP contribution < -0.4 is 0 Å². The fourth-order valence-corrected chi connectivity index (χ4v) is 2.79. The molecule has 2 heteroatoms. The summed E-state index contributed by atoms with van der Waals surface area (Å²) in [6.07, 6.45) is 7.70. The molecule has 1 heterocycles. The number of rotatable bonds is 3. The number of carbonyl (C=O) groups excluding carboxylic acids is 1. The lowest BCUT2D eigenvalue weighted by atomic mass is 9.85. The van der Waals surface area contributed by atoms with Crippen LogP contribution in [-0.4, -0.2) is 30.3 Å². The summed E-state index contributed by atoms with van der Waals surface area (Å²) in [6, 6.07) is 0. The molecular formula is C12H21NO. The van der Waals surface area contributed by atoms with Gasteiger partial charge in [-0.25, -0.2) is 0 Å². The van der Waals surface area contributed by atoms with Crippen molar-refractivity contribution in [3.8, 4) is 0 Å². The SMILES string of the molecule is CC1(CCN2CCC(=O)C2)CCCC1. The molecule has 0 atom stereocenters. The minimum absolute atomic E-state index is 0.432. The third-order valence-electron chi connectivity index (χ3n) is 3.95. The highest BCUT2D eigenvalue weighted by Crippen LogP contribution is 2.40. The van der Waals surface area contributed by atoms with E-state index >= 15 is 0 Å². The topological polar surface area (TPSA) is 20.3 Å². The predicted octanol–water partition coefficient (Wildman–Crippen LogP) is 2.23. The van der Waals surface area contributed by atoms with Gasteiger partial charge in [0.15, 0.2) is 0 Å². The van der Waals surface area contributed by atoms with Crippen LogP contribution in [0.5, 0.6) is 0 Å². The lowest BCUT2D eigenvalue weighted by molar-refractivity contribution is -0.116. The monoisotopic (exact) mass is 195 g/mol. The van der Waals surface area contributed by atoms with E-state index in [1.165, 1.54) is 32.1 Å². The van der Waals surface area contributed by atoms with Crippen LogP contribution in [0.3, 0.4) is 0 Å². The molecule has 0 aromatic heterocycles. The van der Waals surface area contributed by atoms with Gasteiger partial charge in [0, 0.05) is 13.0 Å². The van der Waals surface area contributed by atoms with Crippen LogP contribution in [0.2, 0.25) is 0 Å². The molecule has 0 N–H and O–H groups in total. The van der Waals surface area contributed by atoms with Gasteiger partial charge in [-0.15, -0.1) is 0 Å². The van der Waals surface area contributed by atoms with Crippen LogP contribution in [0, 0.1) is 5.41 Å². The summed E-state index contributed by atoms with van der Waals surface area (Å²) >= 11 is 0. The van der Waals surface area contributed by atoms with E-state index in [9.17, 15) is 4.79 Å². The van der Waals surface area contributed by atoms with Gasteiger partial charge in [0.2, 0.25) is 0 Å². The lowest BCUT2D eigenvalue weighted by Crippen LogP contribution is -2.26. The van der Waals surface area contributed by atoms with E-state index in [0.717, 1.165) is 26.1 Å². The van der Waals surface area contributed by atoms with Crippen LogP contribution in [0.15, 0.2) is 0 Å². The van der Waals surface area contributed by atoms with Crippen LogP contribution in [0.25, 0.3) is 0 Å². The van der Waals surface area contributed by atoms with Crippen LogP contribution in [0.4, 0.5) is 0 Å². The Labute approximate surface area is 86.7 Å². The third kappa shape index (κ3) is 2.35. The Morgan fingerprint density at radius 1 is 1.36 bits per heavy atom. The molecule has 2 aliphatic rings. The molecule has 0 amide bonds. The summed E-state index contributed by atoms with van der Waals surface area (Å²) in [5.41, 5.74) is 0.589. The molecule has 1 saturated heterocycles. The van der Waals surface area contributed by atoms with E-state index in [4.69, 9.17) is 0 Å². The number of likely N-dealkylation sites (tertiary alicyclic amines) is 1. The first kappa shape index (κ1) is 10.2. The Balaban J connectivity index is 1.74. The average Bonchev–Trinajstić information content (AvgIpc) is 2.73. The second kappa shape index (κ2) is 4.01. The highest BCUT2D eigenvalue weighted by Gasteiger charge is 2.29. The van der Waals surface area contributed by atoms with Gasteiger partial charge in [-0.05, 0) is 31.2 Å². The maximum absolute atomic E-state index is 11.1. The van der Waals surface area contributed by atoms with Gasteiger partial charge in [-0.3, -0.25) is 9.69 Å².